The van der Waals surface area contributed by atoms with E-state index >= 15 is 0 Å². The van der Waals surface area contributed by atoms with Crippen molar-refractivity contribution in [3.05, 3.63) is 53.6 Å². The van der Waals surface area contributed by atoms with Crippen molar-refractivity contribution in [3.8, 4) is 11.1 Å². The lowest BCUT2D eigenvalue weighted by Crippen LogP contribution is -2.21. The molecule has 0 saturated carbocycles. The van der Waals surface area contributed by atoms with Gasteiger partial charge < -0.3 is 10.2 Å². The molecule has 0 fully saturated rings. The predicted molar refractivity (Wildman–Crippen MR) is 97.8 cm³/mol. The van der Waals surface area contributed by atoms with Gasteiger partial charge in [0.05, 0.1) is 0 Å². The standard InChI is InChI=1S/C19H21FN4O/c1-13-15(5-4-6-16(13)20)14-7-8-18-22-19(21-9-10-23(2)3)17(12-25)24(18)11-14/h4-8,11-12,21H,9-10H2,1-3H3. The maximum Gasteiger partial charge on any atom is 0.170 e. The Kier molecular flexibility index (Phi) is 4.81. The highest BCUT2D eigenvalue weighted by atomic mass is 19.1. The van der Waals surface area contributed by atoms with E-state index in [0.29, 0.717) is 29.3 Å². The Bertz CT molecular complexity index is 917. The molecule has 2 aromatic heterocycles. The largest absolute Gasteiger partial charge is 0.367 e. The van der Waals surface area contributed by atoms with Crippen molar-refractivity contribution in [2.24, 2.45) is 0 Å². The third kappa shape index (κ3) is 3.39. The zero-order valence-electron chi connectivity index (χ0n) is 14.6. The monoisotopic (exact) mass is 340 g/mol. The molecule has 0 saturated heterocycles. The van der Waals surface area contributed by atoms with E-state index in [1.54, 1.807) is 17.4 Å². The second-order valence-electron chi connectivity index (χ2n) is 6.25. The van der Waals surface area contributed by atoms with Crippen molar-refractivity contribution >= 4 is 17.8 Å². The lowest BCUT2D eigenvalue weighted by Gasteiger charge is -2.10. The zero-order chi connectivity index (χ0) is 18.0. The van der Waals surface area contributed by atoms with Crippen molar-refractivity contribution in [1.82, 2.24) is 14.3 Å². The SMILES string of the molecule is Cc1c(F)cccc1-c1ccc2nc(NCCN(C)C)c(C=O)n2c1. The summed E-state index contributed by atoms with van der Waals surface area (Å²) in [7, 11) is 3.97. The van der Waals surface area contributed by atoms with Crippen LogP contribution in [0.4, 0.5) is 10.2 Å². The second kappa shape index (κ2) is 7.03. The second-order valence-corrected chi connectivity index (χ2v) is 6.25. The number of nitrogens with zero attached hydrogens (tertiary/aromatic N) is 3. The molecule has 6 heteroatoms. The summed E-state index contributed by atoms with van der Waals surface area (Å²) in [5.74, 6) is 0.315. The van der Waals surface area contributed by atoms with Crippen LogP contribution in [0.1, 0.15) is 16.1 Å². The van der Waals surface area contributed by atoms with Crippen molar-refractivity contribution < 1.29 is 9.18 Å². The van der Waals surface area contributed by atoms with Crippen LogP contribution in [0.15, 0.2) is 36.5 Å². The van der Waals surface area contributed by atoms with Crippen LogP contribution in [-0.4, -0.2) is 47.8 Å². The van der Waals surface area contributed by atoms with Gasteiger partial charge in [-0.1, -0.05) is 12.1 Å². The third-order valence-corrected chi connectivity index (χ3v) is 4.20. The number of imidazole rings is 1. The number of nitrogens with one attached hydrogen (secondary N) is 1. The molecule has 0 spiro atoms. The molecule has 0 bridgehead atoms. The van der Waals surface area contributed by atoms with Gasteiger partial charge in [0, 0.05) is 19.3 Å². The number of carbonyl (C=O) groups is 1. The molecule has 0 aliphatic heterocycles. The fourth-order valence-electron chi connectivity index (χ4n) is 2.78. The maximum atomic E-state index is 13.8. The minimum Gasteiger partial charge on any atom is -0.367 e. The Morgan fingerprint density at radius 1 is 1.28 bits per heavy atom. The first-order valence-corrected chi connectivity index (χ1v) is 8.12. The summed E-state index contributed by atoms with van der Waals surface area (Å²) in [5.41, 5.74) is 3.36. The minimum atomic E-state index is -0.245. The van der Waals surface area contributed by atoms with Crippen LogP contribution in [0.3, 0.4) is 0 Å². The van der Waals surface area contributed by atoms with Gasteiger partial charge in [-0.3, -0.25) is 9.20 Å². The van der Waals surface area contributed by atoms with Gasteiger partial charge in [0.1, 0.15) is 17.2 Å². The van der Waals surface area contributed by atoms with Crippen LogP contribution in [0.2, 0.25) is 0 Å². The van der Waals surface area contributed by atoms with Crippen LogP contribution in [0.25, 0.3) is 16.8 Å². The van der Waals surface area contributed by atoms with E-state index in [9.17, 15) is 9.18 Å². The number of hydrogen-bond donors (Lipinski definition) is 1. The van der Waals surface area contributed by atoms with Crippen molar-refractivity contribution in [1.29, 1.82) is 0 Å². The summed E-state index contributed by atoms with van der Waals surface area (Å²) in [6.07, 6.45) is 2.62. The van der Waals surface area contributed by atoms with Gasteiger partial charge in [-0.2, -0.15) is 0 Å². The van der Waals surface area contributed by atoms with Gasteiger partial charge in [0.25, 0.3) is 0 Å². The third-order valence-electron chi connectivity index (χ3n) is 4.20. The number of halogens is 1. The molecule has 3 aromatic rings. The Morgan fingerprint density at radius 2 is 2.08 bits per heavy atom. The van der Waals surface area contributed by atoms with Crippen LogP contribution in [0, 0.1) is 12.7 Å². The number of benzene rings is 1. The minimum absolute atomic E-state index is 0.245. The highest BCUT2D eigenvalue weighted by molar-refractivity contribution is 5.83. The zero-order valence-corrected chi connectivity index (χ0v) is 14.6. The molecule has 0 aliphatic rings. The summed E-state index contributed by atoms with van der Waals surface area (Å²) in [4.78, 5) is 18.1. The Balaban J connectivity index is 2.02. The normalized spacial score (nSPS) is 11.2. The fraction of sp³-hybridized carbons (Fsp3) is 0.263. The van der Waals surface area contributed by atoms with Crippen LogP contribution >= 0.6 is 0 Å². The number of aromatic nitrogens is 2. The lowest BCUT2D eigenvalue weighted by molar-refractivity contribution is 0.111. The number of carbonyl (C=O) groups excluding carboxylic acids is 1. The van der Waals surface area contributed by atoms with Crippen molar-refractivity contribution in [2.75, 3.05) is 32.5 Å². The molecule has 130 valence electrons. The molecule has 0 amide bonds. The molecule has 1 N–H and O–H groups in total. The number of rotatable bonds is 6. The van der Waals surface area contributed by atoms with E-state index in [0.717, 1.165) is 24.0 Å². The average Bonchev–Trinajstić information content (AvgIpc) is 2.93. The quantitative estimate of drug-likeness (QED) is 0.700. The molecule has 2 heterocycles. The highest BCUT2D eigenvalue weighted by Crippen LogP contribution is 2.27. The van der Waals surface area contributed by atoms with Gasteiger partial charge >= 0.3 is 0 Å². The summed E-state index contributed by atoms with van der Waals surface area (Å²) >= 11 is 0. The van der Waals surface area contributed by atoms with E-state index in [4.69, 9.17) is 0 Å². The number of pyridine rings is 1. The Hall–Kier alpha value is -2.73. The van der Waals surface area contributed by atoms with E-state index in [-0.39, 0.29) is 5.82 Å². The smallest absolute Gasteiger partial charge is 0.170 e. The van der Waals surface area contributed by atoms with Gasteiger partial charge in [0.15, 0.2) is 12.1 Å². The van der Waals surface area contributed by atoms with Crippen molar-refractivity contribution in [3.63, 3.8) is 0 Å². The summed E-state index contributed by atoms with van der Waals surface area (Å²) in [6.45, 7) is 3.27. The molecule has 1 aromatic carbocycles. The molecule has 5 nitrogen and oxygen atoms in total. The summed E-state index contributed by atoms with van der Waals surface area (Å²) < 4.78 is 15.6. The summed E-state index contributed by atoms with van der Waals surface area (Å²) in [6, 6.07) is 8.72. The first-order chi connectivity index (χ1) is 12.0. The Morgan fingerprint density at radius 3 is 2.80 bits per heavy atom. The first kappa shape index (κ1) is 17.1. The van der Waals surface area contributed by atoms with Crippen molar-refractivity contribution in [2.45, 2.75) is 6.92 Å². The van der Waals surface area contributed by atoms with Gasteiger partial charge in [-0.15, -0.1) is 0 Å². The number of likely N-dealkylation sites (N-methyl/N-ethyl adjacent to an activating group) is 1. The summed E-state index contributed by atoms with van der Waals surface area (Å²) in [5, 5.41) is 3.20. The molecular weight excluding hydrogens is 319 g/mol. The highest BCUT2D eigenvalue weighted by Gasteiger charge is 2.13. The van der Waals surface area contributed by atoms with Crippen LogP contribution in [-0.2, 0) is 0 Å². The molecular formula is C19H21FN4O. The van der Waals surface area contributed by atoms with Crippen LogP contribution in [0.5, 0.6) is 0 Å². The molecule has 0 unspecified atom stereocenters. The number of fused-ring (bicyclic) bond motifs is 1. The molecule has 0 radical (unpaired) electrons. The fourth-order valence-corrected chi connectivity index (χ4v) is 2.78. The van der Waals surface area contributed by atoms with E-state index in [1.807, 2.05) is 43.4 Å². The molecule has 3 rings (SSSR count). The number of aldehydes is 1. The lowest BCUT2D eigenvalue weighted by atomic mass is 10.0. The van der Waals surface area contributed by atoms with Crippen LogP contribution < -0.4 is 5.32 Å². The average molecular weight is 340 g/mol. The van der Waals surface area contributed by atoms with Gasteiger partial charge in [-0.25, -0.2) is 9.37 Å². The first-order valence-electron chi connectivity index (χ1n) is 8.12. The molecule has 0 atom stereocenters. The van der Waals surface area contributed by atoms with E-state index in [2.05, 4.69) is 10.3 Å². The maximum absolute atomic E-state index is 13.8. The van der Waals surface area contributed by atoms with E-state index < -0.39 is 0 Å². The van der Waals surface area contributed by atoms with Gasteiger partial charge in [0.2, 0.25) is 0 Å². The predicted octanol–water partition coefficient (Wildman–Crippen LogP) is 3.23. The molecule has 0 aliphatic carbocycles. The topological polar surface area (TPSA) is 49.6 Å². The number of anilines is 1. The van der Waals surface area contributed by atoms with Gasteiger partial charge in [-0.05, 0) is 55.9 Å². The number of hydrogen-bond acceptors (Lipinski definition) is 4. The van der Waals surface area contributed by atoms with E-state index in [1.165, 1.54) is 6.07 Å². The molecule has 25 heavy (non-hydrogen) atoms. The Labute approximate surface area is 146 Å².